The fourth-order valence-electron chi connectivity index (χ4n) is 15.1. The summed E-state index contributed by atoms with van der Waals surface area (Å²) in [6, 6.07) is 113. The van der Waals surface area contributed by atoms with Crippen molar-refractivity contribution in [3.63, 3.8) is 0 Å². The van der Waals surface area contributed by atoms with E-state index in [1.54, 1.807) is 0 Å². The van der Waals surface area contributed by atoms with Crippen molar-refractivity contribution in [2.75, 3.05) is 9.80 Å². The highest BCUT2D eigenvalue weighted by Gasteiger charge is 2.26. The molecule has 438 valence electrons. The Kier molecular flexibility index (Phi) is 11.3. The van der Waals surface area contributed by atoms with Gasteiger partial charge in [-0.05, 0) is 175 Å². The van der Waals surface area contributed by atoms with Crippen LogP contribution in [0, 0.1) is 0 Å². The lowest BCUT2D eigenvalue weighted by atomic mass is 9.94. The van der Waals surface area contributed by atoms with Gasteiger partial charge in [0.25, 0.3) is 0 Å². The Morgan fingerprint density at radius 2 is 0.638 bits per heavy atom. The van der Waals surface area contributed by atoms with Gasteiger partial charge in [0.05, 0.1) is 28.1 Å². The van der Waals surface area contributed by atoms with Crippen molar-refractivity contribution in [2.24, 2.45) is 0 Å². The van der Waals surface area contributed by atoms with Gasteiger partial charge in [-0.15, -0.1) is 0 Å². The number of anilines is 6. The molecule has 0 unspecified atom stereocenters. The van der Waals surface area contributed by atoms with Crippen molar-refractivity contribution in [3.05, 3.63) is 315 Å². The summed E-state index contributed by atoms with van der Waals surface area (Å²) in [7, 11) is 0. The van der Waals surface area contributed by atoms with E-state index in [4.69, 9.17) is 17.7 Å². The molecule has 0 N–H and O–H groups in total. The van der Waals surface area contributed by atoms with Crippen LogP contribution in [0.4, 0.5) is 34.1 Å². The van der Waals surface area contributed by atoms with Crippen molar-refractivity contribution in [2.45, 2.75) is 0 Å². The smallest absolute Gasteiger partial charge is 0.159 e. The molecule has 0 saturated heterocycles. The quantitative estimate of drug-likeness (QED) is 0.134. The molecule has 4 aromatic heterocycles. The topological polar surface area (TPSA) is 59.0 Å². The maximum atomic E-state index is 6.82. The first-order valence-corrected chi connectivity index (χ1v) is 31.9. The van der Waals surface area contributed by atoms with Gasteiger partial charge in [0.1, 0.15) is 39.1 Å². The maximum absolute atomic E-state index is 6.82. The zero-order valence-corrected chi connectivity index (χ0v) is 50.5. The molecule has 0 saturated carbocycles. The molecule has 0 fully saturated rings. The van der Waals surface area contributed by atoms with E-state index >= 15 is 0 Å². The molecule has 0 atom stereocenters. The monoisotopic (exact) mass is 1200 g/mol. The summed E-state index contributed by atoms with van der Waals surface area (Å²) in [5.41, 5.74) is 19.4. The Hall–Kier alpha value is -12.6. The van der Waals surface area contributed by atoms with Crippen LogP contribution >= 0.6 is 0 Å². The maximum Gasteiger partial charge on any atom is 0.159 e. The first kappa shape index (κ1) is 52.2. The summed E-state index contributed by atoms with van der Waals surface area (Å²) in [5, 5.41) is 17.9. The zero-order valence-electron chi connectivity index (χ0n) is 50.5. The average molecular weight is 1200 g/mol. The predicted molar refractivity (Wildman–Crippen MR) is 391 cm³/mol. The van der Waals surface area contributed by atoms with E-state index in [0.717, 1.165) is 177 Å². The van der Waals surface area contributed by atoms with Crippen molar-refractivity contribution in [1.29, 1.82) is 0 Å². The van der Waals surface area contributed by atoms with Crippen LogP contribution in [-0.4, -0.2) is 0 Å². The molecule has 4 heterocycles. The molecule has 0 bridgehead atoms. The second-order valence-corrected chi connectivity index (χ2v) is 24.6. The standard InChI is InChI=1S/C88H52N2O4/c1-2-23-62-58(18-1)50-77(67-26-5-3-24-65(62)67)90(76-34-15-32-71-69-28-7-10-35-79(69)94-88(71)76)60-21-13-19-53(47-60)56-41-44-70-74-49-55(42-45-82(74)93-85(70)52-56)54-40-43-63-59(46-54)51-78(68-27-6-4-25-66(63)68)89(75-33-17-39-84-87(75)73-30-9-12-37-81(73)92-84)61-22-14-20-57(48-61)64-31-16-38-83-86(64)72-29-8-11-36-80(72)91-83/h1-52H. The van der Waals surface area contributed by atoms with Gasteiger partial charge in [0, 0.05) is 59.9 Å². The van der Waals surface area contributed by atoms with E-state index in [1.807, 2.05) is 24.3 Å². The van der Waals surface area contributed by atoms with E-state index < -0.39 is 0 Å². The van der Waals surface area contributed by atoms with E-state index in [1.165, 1.54) is 21.5 Å². The van der Waals surface area contributed by atoms with E-state index in [0.29, 0.717) is 0 Å². The van der Waals surface area contributed by atoms with E-state index in [-0.39, 0.29) is 0 Å². The molecule has 20 aromatic rings. The molecule has 0 amide bonds. The first-order valence-electron chi connectivity index (χ1n) is 31.9. The van der Waals surface area contributed by atoms with Crippen molar-refractivity contribution < 1.29 is 17.7 Å². The van der Waals surface area contributed by atoms with Crippen molar-refractivity contribution in [3.8, 4) is 33.4 Å². The molecular weight excluding hydrogens is 1150 g/mol. The number of benzene rings is 16. The largest absolute Gasteiger partial charge is 0.456 e. The SMILES string of the molecule is c1cc(-c2ccc3c(c2)oc2ccc(-c4ccc5c(c4)cc(N(c4cccc(-c6cccc7oc8ccccc8c67)c4)c4cccc6oc7ccccc7c46)c4ccccc45)cc23)cc(N(c2cc3ccccc3c3ccccc23)c2cccc3c2oc2ccccc23)c1. The molecule has 94 heavy (non-hydrogen) atoms. The van der Waals surface area contributed by atoms with Gasteiger partial charge >= 0.3 is 0 Å². The number of rotatable bonds is 9. The Morgan fingerprint density at radius 3 is 1.38 bits per heavy atom. The van der Waals surface area contributed by atoms with Gasteiger partial charge in [-0.3, -0.25) is 0 Å². The highest BCUT2D eigenvalue weighted by atomic mass is 16.3. The third-order valence-electron chi connectivity index (χ3n) is 19.4. The molecule has 0 spiro atoms. The van der Waals surface area contributed by atoms with Gasteiger partial charge in [-0.2, -0.15) is 0 Å². The van der Waals surface area contributed by atoms with Crippen LogP contribution in [0.25, 0.3) is 164 Å². The number of para-hydroxylation sites is 4. The minimum atomic E-state index is 0.827. The summed E-state index contributed by atoms with van der Waals surface area (Å²) in [5.74, 6) is 0. The second kappa shape index (κ2) is 20.4. The molecule has 6 nitrogen and oxygen atoms in total. The highest BCUT2D eigenvalue weighted by Crippen LogP contribution is 2.51. The number of nitrogens with zero attached hydrogens (tertiary/aromatic N) is 2. The van der Waals surface area contributed by atoms with Crippen LogP contribution in [0.5, 0.6) is 0 Å². The Bertz CT molecular complexity index is 6540. The average Bonchev–Trinajstić information content (AvgIpc) is 0.980. The summed E-state index contributed by atoms with van der Waals surface area (Å²) < 4.78 is 26.7. The minimum absolute atomic E-state index is 0.827. The van der Waals surface area contributed by atoms with Crippen LogP contribution in [0.3, 0.4) is 0 Å². The summed E-state index contributed by atoms with van der Waals surface area (Å²) >= 11 is 0. The third kappa shape index (κ3) is 8.03. The van der Waals surface area contributed by atoms with Crippen LogP contribution in [0.15, 0.2) is 333 Å². The summed E-state index contributed by atoms with van der Waals surface area (Å²) in [6.45, 7) is 0. The summed E-state index contributed by atoms with van der Waals surface area (Å²) in [6.07, 6.45) is 0. The normalized spacial score (nSPS) is 12.0. The molecule has 0 aliphatic carbocycles. The third-order valence-corrected chi connectivity index (χ3v) is 19.4. The summed E-state index contributed by atoms with van der Waals surface area (Å²) in [4.78, 5) is 4.82. The lowest BCUT2D eigenvalue weighted by molar-refractivity contribution is 0.668. The number of hydrogen-bond donors (Lipinski definition) is 0. The van der Waals surface area contributed by atoms with Crippen LogP contribution in [0.1, 0.15) is 0 Å². The van der Waals surface area contributed by atoms with Crippen LogP contribution in [0.2, 0.25) is 0 Å². The molecule has 6 heteroatoms. The van der Waals surface area contributed by atoms with Gasteiger partial charge in [-0.1, -0.05) is 206 Å². The Morgan fingerprint density at radius 1 is 0.191 bits per heavy atom. The molecule has 0 aliphatic heterocycles. The van der Waals surface area contributed by atoms with Gasteiger partial charge in [0.15, 0.2) is 5.58 Å². The van der Waals surface area contributed by atoms with E-state index in [2.05, 4.69) is 301 Å². The molecule has 16 aromatic carbocycles. The van der Waals surface area contributed by atoms with E-state index in [9.17, 15) is 0 Å². The van der Waals surface area contributed by atoms with Crippen molar-refractivity contribution in [1.82, 2.24) is 0 Å². The highest BCUT2D eigenvalue weighted by molar-refractivity contribution is 6.21. The predicted octanol–water partition coefficient (Wildman–Crippen LogP) is 25.8. The minimum Gasteiger partial charge on any atom is -0.456 e. The van der Waals surface area contributed by atoms with Crippen molar-refractivity contribution >= 4 is 165 Å². The molecule has 0 radical (unpaired) electrons. The number of hydrogen-bond acceptors (Lipinski definition) is 6. The van der Waals surface area contributed by atoms with Gasteiger partial charge in [-0.25, -0.2) is 0 Å². The zero-order chi connectivity index (χ0) is 61.5. The lowest BCUT2D eigenvalue weighted by Crippen LogP contribution is -2.11. The van der Waals surface area contributed by atoms with Crippen LogP contribution < -0.4 is 9.80 Å². The lowest BCUT2D eigenvalue weighted by Gasteiger charge is -2.29. The van der Waals surface area contributed by atoms with Crippen LogP contribution in [-0.2, 0) is 0 Å². The molecule has 0 aliphatic rings. The number of furan rings is 4. The fraction of sp³-hybridized carbons (Fsp3) is 0. The van der Waals surface area contributed by atoms with Gasteiger partial charge < -0.3 is 27.5 Å². The Balaban J connectivity index is 0.710. The molecular formula is C88H52N2O4. The van der Waals surface area contributed by atoms with Gasteiger partial charge in [0.2, 0.25) is 0 Å². The fourth-order valence-corrected chi connectivity index (χ4v) is 15.1. The molecule has 20 rings (SSSR count). The Labute approximate surface area is 538 Å². The first-order chi connectivity index (χ1) is 46.6. The number of fused-ring (bicyclic) bond motifs is 18. The second-order valence-electron chi connectivity index (χ2n) is 24.6.